The summed E-state index contributed by atoms with van der Waals surface area (Å²) in [7, 11) is 1.17. The van der Waals surface area contributed by atoms with Crippen LogP contribution < -0.4 is 5.32 Å². The first-order chi connectivity index (χ1) is 7.47. The largest absolute Gasteiger partial charge is 0.467 e. The summed E-state index contributed by atoms with van der Waals surface area (Å²) in [4.78, 5) is 22.8. The number of methoxy groups -OCH3 is 1. The lowest BCUT2D eigenvalue weighted by Gasteiger charge is -2.11. The van der Waals surface area contributed by atoms with E-state index in [2.05, 4.69) is 10.1 Å². The molecule has 15 heavy (non-hydrogen) atoms. The molecule has 4 nitrogen and oxygen atoms in total. The zero-order chi connectivity index (χ0) is 12.2. The number of esters is 1. The Labute approximate surface area is 89.6 Å². The van der Waals surface area contributed by atoms with Crippen LogP contribution >= 0.6 is 0 Å². The first-order valence-corrected chi connectivity index (χ1v) is 4.43. The van der Waals surface area contributed by atoms with Crippen molar-refractivity contribution in [2.75, 3.05) is 7.11 Å². The van der Waals surface area contributed by atoms with Crippen LogP contribution in [-0.2, 0) is 9.53 Å². The van der Waals surface area contributed by atoms with Gasteiger partial charge in [0.05, 0.1) is 8.48 Å². The molecule has 0 heterocycles. The third-order valence-electron chi connectivity index (χ3n) is 1.83. The van der Waals surface area contributed by atoms with Gasteiger partial charge in [0.15, 0.2) is 0 Å². The zero-order valence-electron chi connectivity index (χ0n) is 9.61. The van der Waals surface area contributed by atoms with Crippen molar-refractivity contribution in [1.82, 2.24) is 5.32 Å². The monoisotopic (exact) mass is 208 g/mol. The Balaban J connectivity index is 2.76. The number of amides is 1. The van der Waals surface area contributed by atoms with Gasteiger partial charge in [-0.25, -0.2) is 4.79 Å². The molecule has 0 radical (unpaired) electrons. The van der Waals surface area contributed by atoms with Crippen LogP contribution in [-0.4, -0.2) is 25.0 Å². The van der Waals surface area contributed by atoms with Gasteiger partial charge in [-0.15, -0.1) is 0 Å². The number of nitrogens with one attached hydrogen (secondary N) is 1. The Morgan fingerprint density at radius 3 is 2.53 bits per heavy atom. The van der Waals surface area contributed by atoms with Crippen LogP contribution in [0.2, 0.25) is 0 Å². The number of rotatable bonds is 3. The maximum Gasteiger partial charge on any atom is 0.328 e. The van der Waals surface area contributed by atoms with E-state index in [1.807, 2.05) is 0 Å². The van der Waals surface area contributed by atoms with Crippen molar-refractivity contribution >= 4 is 11.9 Å². The fourth-order valence-corrected chi connectivity index (χ4v) is 1.04. The second-order valence-corrected chi connectivity index (χ2v) is 2.94. The molecule has 1 unspecified atom stereocenters. The Bertz CT molecular complexity index is 389. The SMILES string of the molecule is [2H]C(C)(NC(=O)c1ccccc1)C(=O)OC. The zero-order valence-corrected chi connectivity index (χ0v) is 8.61. The molecular weight excluding hydrogens is 194 g/mol. The van der Waals surface area contributed by atoms with Crippen molar-refractivity contribution in [2.24, 2.45) is 0 Å². The summed E-state index contributed by atoms with van der Waals surface area (Å²) in [6.45, 7) is 1.26. The number of benzene rings is 1. The van der Waals surface area contributed by atoms with Crippen molar-refractivity contribution in [2.45, 2.75) is 12.9 Å². The predicted molar refractivity (Wildman–Crippen MR) is 55.4 cm³/mol. The molecule has 1 aromatic carbocycles. The smallest absolute Gasteiger partial charge is 0.328 e. The number of carbonyl (C=O) groups excluding carboxylic acids is 2. The van der Waals surface area contributed by atoms with E-state index in [0.29, 0.717) is 5.56 Å². The van der Waals surface area contributed by atoms with Crippen LogP contribution in [0.25, 0.3) is 0 Å². The van der Waals surface area contributed by atoms with E-state index in [9.17, 15) is 9.59 Å². The van der Waals surface area contributed by atoms with Gasteiger partial charge in [-0.1, -0.05) is 18.2 Å². The Kier molecular flexibility index (Phi) is 3.33. The topological polar surface area (TPSA) is 55.4 Å². The van der Waals surface area contributed by atoms with E-state index in [1.165, 1.54) is 14.0 Å². The highest BCUT2D eigenvalue weighted by molar-refractivity contribution is 5.96. The van der Waals surface area contributed by atoms with Crippen LogP contribution in [0.15, 0.2) is 30.3 Å². The highest BCUT2D eigenvalue weighted by Crippen LogP contribution is 1.99. The maximum absolute atomic E-state index is 11.6. The molecule has 1 N–H and O–H groups in total. The van der Waals surface area contributed by atoms with Crippen LogP contribution in [0.5, 0.6) is 0 Å². The van der Waals surface area contributed by atoms with E-state index in [0.717, 1.165) is 0 Å². The Hall–Kier alpha value is -1.84. The van der Waals surface area contributed by atoms with Gasteiger partial charge >= 0.3 is 5.97 Å². The molecular formula is C11H13NO3. The summed E-state index contributed by atoms with van der Waals surface area (Å²) in [5.74, 6) is -1.29. The molecule has 1 aromatic rings. The highest BCUT2D eigenvalue weighted by Gasteiger charge is 2.16. The van der Waals surface area contributed by atoms with E-state index < -0.39 is 17.9 Å². The van der Waals surface area contributed by atoms with E-state index in [-0.39, 0.29) is 0 Å². The molecule has 80 valence electrons. The first kappa shape index (κ1) is 9.71. The highest BCUT2D eigenvalue weighted by atomic mass is 16.5. The second-order valence-electron chi connectivity index (χ2n) is 2.94. The van der Waals surface area contributed by atoms with Gasteiger partial charge < -0.3 is 10.1 Å². The maximum atomic E-state index is 11.6. The quantitative estimate of drug-likeness (QED) is 0.753. The molecule has 1 atom stereocenters. The van der Waals surface area contributed by atoms with Gasteiger partial charge in [0, 0.05) is 5.56 Å². The molecule has 0 aromatic heterocycles. The van der Waals surface area contributed by atoms with Crippen molar-refractivity contribution in [1.29, 1.82) is 0 Å². The lowest BCUT2D eigenvalue weighted by atomic mass is 10.2. The molecule has 0 aliphatic rings. The molecule has 0 aliphatic carbocycles. The molecule has 1 amide bonds. The predicted octanol–water partition coefficient (Wildman–Crippen LogP) is 0.978. The van der Waals surface area contributed by atoms with Crippen molar-refractivity contribution in [3.63, 3.8) is 0 Å². The van der Waals surface area contributed by atoms with Crippen LogP contribution in [0.3, 0.4) is 0 Å². The van der Waals surface area contributed by atoms with Crippen molar-refractivity contribution in [3.8, 4) is 0 Å². The summed E-state index contributed by atoms with van der Waals surface area (Å²) < 4.78 is 12.0. The third-order valence-corrected chi connectivity index (χ3v) is 1.83. The van der Waals surface area contributed by atoms with Gasteiger partial charge in [0.2, 0.25) is 0 Å². The standard InChI is InChI=1S/C11H13NO3/c1-8(11(14)15-2)12-10(13)9-6-4-3-5-7-9/h3-8H,1-2H3,(H,12,13)/i8D. The summed E-state index contributed by atoms with van der Waals surface area (Å²) in [6, 6.07) is 6.60. The van der Waals surface area contributed by atoms with E-state index >= 15 is 0 Å². The number of hydrogen-bond acceptors (Lipinski definition) is 3. The summed E-state index contributed by atoms with van der Waals surface area (Å²) >= 11 is 0. The summed E-state index contributed by atoms with van der Waals surface area (Å²) in [6.07, 6.45) is 0. The number of hydrogen-bond donors (Lipinski definition) is 1. The van der Waals surface area contributed by atoms with Crippen LogP contribution in [0.1, 0.15) is 18.7 Å². The van der Waals surface area contributed by atoms with Gasteiger partial charge in [0.25, 0.3) is 5.91 Å². The molecule has 0 saturated heterocycles. The Morgan fingerprint density at radius 2 is 2.00 bits per heavy atom. The third kappa shape index (κ3) is 3.09. The van der Waals surface area contributed by atoms with Crippen LogP contribution in [0, 0.1) is 0 Å². The number of ether oxygens (including phenoxy) is 1. The molecule has 0 aliphatic heterocycles. The summed E-state index contributed by atoms with van der Waals surface area (Å²) in [5, 5.41) is 2.28. The molecule has 0 fully saturated rings. The average Bonchev–Trinajstić information content (AvgIpc) is 2.28. The van der Waals surface area contributed by atoms with E-state index in [4.69, 9.17) is 1.37 Å². The van der Waals surface area contributed by atoms with Gasteiger partial charge in [-0.2, -0.15) is 0 Å². The lowest BCUT2D eigenvalue weighted by Crippen LogP contribution is -2.39. The number of carbonyl (C=O) groups is 2. The minimum Gasteiger partial charge on any atom is -0.467 e. The molecule has 1 rings (SSSR count). The minimum atomic E-state index is -1.78. The van der Waals surface area contributed by atoms with Crippen molar-refractivity contribution in [3.05, 3.63) is 35.9 Å². The fraction of sp³-hybridized carbons (Fsp3) is 0.273. The van der Waals surface area contributed by atoms with Gasteiger partial charge in [-0.05, 0) is 19.1 Å². The fourth-order valence-electron chi connectivity index (χ4n) is 1.04. The molecule has 0 spiro atoms. The normalized spacial score (nSPS) is 14.7. The second kappa shape index (κ2) is 5.14. The van der Waals surface area contributed by atoms with Crippen molar-refractivity contribution < 1.29 is 15.7 Å². The van der Waals surface area contributed by atoms with Crippen LogP contribution in [0.4, 0.5) is 0 Å². The molecule has 0 saturated carbocycles. The average molecular weight is 208 g/mol. The Morgan fingerprint density at radius 1 is 1.40 bits per heavy atom. The minimum absolute atomic E-state index is 0.393. The van der Waals surface area contributed by atoms with Gasteiger partial charge in [0.1, 0.15) is 6.02 Å². The first-order valence-electron chi connectivity index (χ1n) is 4.93. The summed E-state index contributed by atoms with van der Waals surface area (Å²) in [5.41, 5.74) is 0.393. The lowest BCUT2D eigenvalue weighted by molar-refractivity contribution is -0.142. The van der Waals surface area contributed by atoms with E-state index in [1.54, 1.807) is 30.3 Å². The molecule has 4 heteroatoms. The van der Waals surface area contributed by atoms with Gasteiger partial charge in [-0.3, -0.25) is 4.79 Å². The molecule has 0 bridgehead atoms.